The predicted octanol–water partition coefficient (Wildman–Crippen LogP) is 2.63. The normalized spacial score (nSPS) is 28.6. The van der Waals surface area contributed by atoms with Gasteiger partial charge in [-0.3, -0.25) is 0 Å². The molecule has 1 atom stereocenters. The average Bonchev–Trinajstić information content (AvgIpc) is 2.55. The molecule has 1 aliphatic heterocycles. The molecule has 0 spiro atoms. The zero-order chi connectivity index (χ0) is 14.9. The van der Waals surface area contributed by atoms with E-state index in [1.165, 1.54) is 5.56 Å². The van der Waals surface area contributed by atoms with Gasteiger partial charge < -0.3 is 10.0 Å². The van der Waals surface area contributed by atoms with E-state index in [1.807, 2.05) is 12.1 Å². The summed E-state index contributed by atoms with van der Waals surface area (Å²) in [5.74, 6) is 0. The molecular formula is C18H24N2O. The van der Waals surface area contributed by atoms with Crippen molar-refractivity contribution in [3.63, 3.8) is 0 Å². The first-order valence-electron chi connectivity index (χ1n) is 8.09. The largest absolute Gasteiger partial charge is 0.388 e. The number of hydrogen-bond donors (Lipinski definition) is 1. The molecule has 112 valence electrons. The van der Waals surface area contributed by atoms with Crippen LogP contribution in [0.15, 0.2) is 24.3 Å². The van der Waals surface area contributed by atoms with E-state index >= 15 is 0 Å². The third kappa shape index (κ3) is 2.18. The van der Waals surface area contributed by atoms with Crippen LogP contribution in [0, 0.1) is 11.3 Å². The molecule has 3 rings (SSSR count). The second-order valence-corrected chi connectivity index (χ2v) is 6.49. The second kappa shape index (κ2) is 5.44. The molecule has 1 heterocycles. The summed E-state index contributed by atoms with van der Waals surface area (Å²) in [6.45, 7) is 4.95. The number of likely N-dealkylation sites (tertiary alicyclic amines) is 1. The van der Waals surface area contributed by atoms with E-state index in [-0.39, 0.29) is 0 Å². The van der Waals surface area contributed by atoms with Gasteiger partial charge in [0.05, 0.1) is 11.7 Å². The van der Waals surface area contributed by atoms with Crippen molar-refractivity contribution in [2.75, 3.05) is 19.6 Å². The van der Waals surface area contributed by atoms with Gasteiger partial charge in [0.25, 0.3) is 0 Å². The number of aliphatic hydroxyl groups is 1. The van der Waals surface area contributed by atoms with Crippen LogP contribution in [-0.4, -0.2) is 35.2 Å². The molecule has 3 heteroatoms. The Morgan fingerprint density at radius 1 is 1.24 bits per heavy atom. The van der Waals surface area contributed by atoms with E-state index in [4.69, 9.17) is 0 Å². The molecule has 1 N–H and O–H groups in total. The molecule has 1 saturated heterocycles. The smallest absolute Gasteiger partial charge is 0.111 e. The van der Waals surface area contributed by atoms with Crippen LogP contribution in [0.3, 0.4) is 0 Å². The van der Waals surface area contributed by atoms with E-state index in [1.54, 1.807) is 0 Å². The van der Waals surface area contributed by atoms with Crippen LogP contribution in [0.1, 0.15) is 43.7 Å². The first-order valence-corrected chi connectivity index (χ1v) is 8.09. The van der Waals surface area contributed by atoms with Gasteiger partial charge in [-0.25, -0.2) is 0 Å². The molecule has 21 heavy (non-hydrogen) atoms. The van der Waals surface area contributed by atoms with E-state index in [9.17, 15) is 10.4 Å². The summed E-state index contributed by atoms with van der Waals surface area (Å²) < 4.78 is 0. The van der Waals surface area contributed by atoms with Gasteiger partial charge in [-0.05, 0) is 49.8 Å². The lowest BCUT2D eigenvalue weighted by molar-refractivity contribution is -0.0702. The molecule has 0 bridgehead atoms. The summed E-state index contributed by atoms with van der Waals surface area (Å²) in [7, 11) is 0. The lowest BCUT2D eigenvalue weighted by Crippen LogP contribution is -2.58. The fourth-order valence-electron chi connectivity index (χ4n) is 4.20. The van der Waals surface area contributed by atoms with Crippen molar-refractivity contribution >= 4 is 0 Å². The van der Waals surface area contributed by atoms with Gasteiger partial charge in [-0.2, -0.15) is 5.26 Å². The summed E-state index contributed by atoms with van der Waals surface area (Å²) in [6, 6.07) is 10.8. The lowest BCUT2D eigenvalue weighted by Gasteiger charge is -2.49. The molecule has 1 aliphatic carbocycles. The summed E-state index contributed by atoms with van der Waals surface area (Å²) in [5, 5.41) is 21.4. The van der Waals surface area contributed by atoms with Gasteiger partial charge in [-0.1, -0.05) is 31.2 Å². The molecule has 0 aromatic heterocycles. The zero-order valence-corrected chi connectivity index (χ0v) is 12.8. The number of hydrogen-bond acceptors (Lipinski definition) is 3. The van der Waals surface area contributed by atoms with E-state index in [0.29, 0.717) is 12.8 Å². The van der Waals surface area contributed by atoms with Gasteiger partial charge in [0.1, 0.15) is 5.41 Å². The fraction of sp³-hybridized carbons (Fsp3) is 0.611. The topological polar surface area (TPSA) is 47.3 Å². The first kappa shape index (κ1) is 14.6. The quantitative estimate of drug-likeness (QED) is 0.908. The van der Waals surface area contributed by atoms with Crippen LogP contribution < -0.4 is 0 Å². The van der Waals surface area contributed by atoms with Crippen molar-refractivity contribution < 1.29 is 5.11 Å². The third-order valence-electron chi connectivity index (χ3n) is 5.59. The summed E-state index contributed by atoms with van der Waals surface area (Å²) in [4.78, 5) is 2.36. The van der Waals surface area contributed by atoms with Crippen molar-refractivity contribution in [3.8, 4) is 6.07 Å². The summed E-state index contributed by atoms with van der Waals surface area (Å²) >= 11 is 0. The Kier molecular flexibility index (Phi) is 3.77. The van der Waals surface area contributed by atoms with Crippen LogP contribution in [0.5, 0.6) is 0 Å². The first-order chi connectivity index (χ1) is 10.1. The Labute approximate surface area is 127 Å². The Hall–Kier alpha value is -1.37. The molecule has 1 aromatic rings. The molecule has 1 unspecified atom stereocenters. The lowest BCUT2D eigenvalue weighted by atomic mass is 9.58. The number of piperidine rings is 1. The number of rotatable bonds is 2. The predicted molar refractivity (Wildman–Crippen MR) is 83.0 cm³/mol. The number of nitriles is 1. The average molecular weight is 284 g/mol. The fourth-order valence-corrected chi connectivity index (χ4v) is 4.20. The molecule has 0 radical (unpaired) electrons. The summed E-state index contributed by atoms with van der Waals surface area (Å²) in [5.41, 5.74) is 0.717. The standard InChI is InChI=1S/C18H24N2O/c1-2-20-12-10-18(21,11-13-20)17(14-19)9-5-7-15-6-3-4-8-16(15)17/h3-4,6,8,21H,2,5,7,9-13H2,1H3. The Morgan fingerprint density at radius 3 is 2.62 bits per heavy atom. The number of nitrogens with zero attached hydrogens (tertiary/aromatic N) is 2. The molecule has 1 fully saturated rings. The minimum absolute atomic E-state index is 0.697. The van der Waals surface area contributed by atoms with Crippen LogP contribution >= 0.6 is 0 Å². The van der Waals surface area contributed by atoms with Gasteiger partial charge in [0.2, 0.25) is 0 Å². The molecule has 0 saturated carbocycles. The molecule has 0 amide bonds. The van der Waals surface area contributed by atoms with Crippen molar-refractivity contribution in [1.82, 2.24) is 4.90 Å². The Balaban J connectivity index is 2.01. The molecule has 3 nitrogen and oxygen atoms in total. The van der Waals surface area contributed by atoms with Gasteiger partial charge in [0, 0.05) is 13.1 Å². The molecule has 1 aromatic carbocycles. The maximum Gasteiger partial charge on any atom is 0.111 e. The Morgan fingerprint density at radius 2 is 1.95 bits per heavy atom. The van der Waals surface area contributed by atoms with Crippen molar-refractivity contribution in [1.29, 1.82) is 5.26 Å². The highest BCUT2D eigenvalue weighted by molar-refractivity contribution is 5.45. The van der Waals surface area contributed by atoms with E-state index < -0.39 is 11.0 Å². The van der Waals surface area contributed by atoms with Gasteiger partial charge in [0.15, 0.2) is 0 Å². The number of fused-ring (bicyclic) bond motifs is 1. The second-order valence-electron chi connectivity index (χ2n) is 6.49. The summed E-state index contributed by atoms with van der Waals surface area (Å²) in [6.07, 6.45) is 4.19. The zero-order valence-electron chi connectivity index (χ0n) is 12.8. The van der Waals surface area contributed by atoms with Crippen LogP contribution in [0.25, 0.3) is 0 Å². The van der Waals surface area contributed by atoms with Crippen LogP contribution in [0.2, 0.25) is 0 Å². The van der Waals surface area contributed by atoms with Gasteiger partial charge in [-0.15, -0.1) is 0 Å². The van der Waals surface area contributed by atoms with E-state index in [0.717, 1.165) is 44.5 Å². The maximum absolute atomic E-state index is 11.4. The minimum Gasteiger partial charge on any atom is -0.388 e. The van der Waals surface area contributed by atoms with Crippen molar-refractivity contribution in [2.45, 2.75) is 50.0 Å². The highest BCUT2D eigenvalue weighted by atomic mass is 16.3. The maximum atomic E-state index is 11.4. The molecular weight excluding hydrogens is 260 g/mol. The number of benzene rings is 1. The van der Waals surface area contributed by atoms with Crippen molar-refractivity contribution in [3.05, 3.63) is 35.4 Å². The minimum atomic E-state index is -0.885. The van der Waals surface area contributed by atoms with Crippen LogP contribution in [0.4, 0.5) is 0 Å². The third-order valence-corrected chi connectivity index (χ3v) is 5.59. The number of aryl methyl sites for hydroxylation is 1. The van der Waals surface area contributed by atoms with Crippen LogP contribution in [-0.2, 0) is 11.8 Å². The monoisotopic (exact) mass is 284 g/mol. The highest BCUT2D eigenvalue weighted by Crippen LogP contribution is 2.48. The van der Waals surface area contributed by atoms with Gasteiger partial charge >= 0.3 is 0 Å². The van der Waals surface area contributed by atoms with E-state index in [2.05, 4.69) is 30.0 Å². The Bertz CT molecular complexity index is 555. The highest BCUT2D eigenvalue weighted by Gasteiger charge is 2.54. The molecule has 2 aliphatic rings. The van der Waals surface area contributed by atoms with Crippen molar-refractivity contribution in [2.24, 2.45) is 0 Å². The SMILES string of the molecule is CCN1CCC(O)(C2(C#N)CCCc3ccccc32)CC1.